The van der Waals surface area contributed by atoms with Gasteiger partial charge in [-0.05, 0) is 30.2 Å². The highest BCUT2D eigenvalue weighted by atomic mass is 16.2. The second kappa shape index (κ2) is 7.98. The second-order valence-corrected chi connectivity index (χ2v) is 5.24. The van der Waals surface area contributed by atoms with E-state index in [1.54, 1.807) is 24.3 Å². The third-order valence-corrected chi connectivity index (χ3v) is 3.55. The molecular weight excluding hydrogens is 290 g/mol. The molecule has 120 valence electrons. The summed E-state index contributed by atoms with van der Waals surface area (Å²) in [7, 11) is 0. The van der Waals surface area contributed by atoms with E-state index in [2.05, 4.69) is 10.6 Å². The van der Waals surface area contributed by atoms with Gasteiger partial charge in [0.05, 0.1) is 12.6 Å². The minimum atomic E-state index is -0.492. The molecule has 0 aliphatic rings. The van der Waals surface area contributed by atoms with Gasteiger partial charge in [0.15, 0.2) is 0 Å². The van der Waals surface area contributed by atoms with Crippen LogP contribution in [0, 0.1) is 0 Å². The predicted molar refractivity (Wildman–Crippen MR) is 91.1 cm³/mol. The quantitative estimate of drug-likeness (QED) is 0.734. The van der Waals surface area contributed by atoms with Crippen LogP contribution in [0.3, 0.4) is 0 Å². The van der Waals surface area contributed by atoms with Gasteiger partial charge in [-0.15, -0.1) is 0 Å². The van der Waals surface area contributed by atoms with Crippen LogP contribution in [0.2, 0.25) is 0 Å². The molecule has 1 unspecified atom stereocenters. The highest BCUT2D eigenvalue weighted by Gasteiger charge is 2.12. The lowest BCUT2D eigenvalue weighted by molar-refractivity contribution is -0.120. The Morgan fingerprint density at radius 2 is 1.83 bits per heavy atom. The van der Waals surface area contributed by atoms with Crippen LogP contribution in [0.4, 0.5) is 5.69 Å². The van der Waals surface area contributed by atoms with E-state index in [-0.39, 0.29) is 18.5 Å². The Balaban J connectivity index is 1.92. The van der Waals surface area contributed by atoms with Crippen molar-refractivity contribution in [1.29, 1.82) is 0 Å². The van der Waals surface area contributed by atoms with Crippen molar-refractivity contribution in [2.45, 2.75) is 19.4 Å². The smallest absolute Gasteiger partial charge is 0.248 e. The number of carbonyl (C=O) groups excluding carboxylic acids is 2. The monoisotopic (exact) mass is 311 g/mol. The minimum absolute atomic E-state index is 0.0116. The first-order valence-electron chi connectivity index (χ1n) is 7.58. The first-order valence-corrected chi connectivity index (χ1v) is 7.58. The predicted octanol–water partition coefficient (Wildman–Crippen LogP) is 2.46. The van der Waals surface area contributed by atoms with Gasteiger partial charge in [-0.3, -0.25) is 9.59 Å². The van der Waals surface area contributed by atoms with Crippen molar-refractivity contribution < 1.29 is 9.59 Å². The Morgan fingerprint density at radius 3 is 2.48 bits per heavy atom. The van der Waals surface area contributed by atoms with Crippen LogP contribution in [-0.4, -0.2) is 18.4 Å². The third-order valence-electron chi connectivity index (χ3n) is 3.55. The highest BCUT2D eigenvalue weighted by Crippen LogP contribution is 2.16. The van der Waals surface area contributed by atoms with Crippen molar-refractivity contribution in [3.8, 4) is 0 Å². The first kappa shape index (κ1) is 16.5. The van der Waals surface area contributed by atoms with E-state index in [9.17, 15) is 9.59 Å². The van der Waals surface area contributed by atoms with Crippen molar-refractivity contribution in [3.63, 3.8) is 0 Å². The molecule has 2 rings (SSSR count). The van der Waals surface area contributed by atoms with Gasteiger partial charge in [0.1, 0.15) is 0 Å². The van der Waals surface area contributed by atoms with Gasteiger partial charge < -0.3 is 16.4 Å². The molecule has 0 aromatic heterocycles. The van der Waals surface area contributed by atoms with Gasteiger partial charge in [-0.2, -0.15) is 0 Å². The van der Waals surface area contributed by atoms with Gasteiger partial charge in [0.25, 0.3) is 0 Å². The lowest BCUT2D eigenvalue weighted by Crippen LogP contribution is -2.33. The van der Waals surface area contributed by atoms with Crippen LogP contribution in [0.15, 0.2) is 54.6 Å². The van der Waals surface area contributed by atoms with Crippen molar-refractivity contribution >= 4 is 17.5 Å². The largest absolute Gasteiger partial charge is 0.376 e. The van der Waals surface area contributed by atoms with Crippen LogP contribution < -0.4 is 16.4 Å². The topological polar surface area (TPSA) is 84.2 Å². The van der Waals surface area contributed by atoms with Gasteiger partial charge in [-0.1, -0.05) is 43.3 Å². The fourth-order valence-corrected chi connectivity index (χ4v) is 2.32. The average Bonchev–Trinajstić information content (AvgIpc) is 2.59. The molecule has 5 nitrogen and oxygen atoms in total. The zero-order valence-electron chi connectivity index (χ0n) is 13.1. The van der Waals surface area contributed by atoms with Gasteiger partial charge in [-0.25, -0.2) is 0 Å². The molecule has 4 N–H and O–H groups in total. The van der Waals surface area contributed by atoms with Gasteiger partial charge in [0, 0.05) is 11.3 Å². The summed E-state index contributed by atoms with van der Waals surface area (Å²) in [6.07, 6.45) is 0.812. The summed E-state index contributed by atoms with van der Waals surface area (Å²) >= 11 is 0. The number of amides is 2. The molecule has 23 heavy (non-hydrogen) atoms. The third kappa shape index (κ3) is 4.85. The molecule has 1 atom stereocenters. The maximum Gasteiger partial charge on any atom is 0.248 e. The fourth-order valence-electron chi connectivity index (χ4n) is 2.32. The number of hydrogen-bond donors (Lipinski definition) is 3. The van der Waals surface area contributed by atoms with Crippen LogP contribution in [-0.2, 0) is 4.79 Å². The maximum absolute atomic E-state index is 12.1. The van der Waals surface area contributed by atoms with Crippen molar-refractivity contribution in [1.82, 2.24) is 5.32 Å². The molecule has 0 aliphatic heterocycles. The molecule has 2 amide bonds. The zero-order valence-corrected chi connectivity index (χ0v) is 13.1. The number of carbonyl (C=O) groups is 2. The zero-order chi connectivity index (χ0) is 16.7. The van der Waals surface area contributed by atoms with E-state index < -0.39 is 5.91 Å². The summed E-state index contributed by atoms with van der Waals surface area (Å²) in [4.78, 5) is 23.3. The van der Waals surface area contributed by atoms with Crippen molar-refractivity contribution in [2.75, 3.05) is 11.9 Å². The SMILES string of the molecule is CCC(NC(=O)CNc1cccc(C(N)=O)c1)c1ccccc1. The van der Waals surface area contributed by atoms with Crippen molar-refractivity contribution in [3.05, 3.63) is 65.7 Å². The van der Waals surface area contributed by atoms with E-state index in [1.807, 2.05) is 37.3 Å². The van der Waals surface area contributed by atoms with E-state index >= 15 is 0 Å². The molecular formula is C18H21N3O2. The van der Waals surface area contributed by atoms with E-state index in [4.69, 9.17) is 5.73 Å². The van der Waals surface area contributed by atoms with Gasteiger partial charge in [0.2, 0.25) is 11.8 Å². The Bertz CT molecular complexity index is 671. The summed E-state index contributed by atoms with van der Waals surface area (Å²) in [6.45, 7) is 2.16. The molecule has 0 saturated carbocycles. The summed E-state index contributed by atoms with van der Waals surface area (Å²) in [6, 6.07) is 16.6. The van der Waals surface area contributed by atoms with Crippen LogP contribution in [0.25, 0.3) is 0 Å². The Kier molecular flexibility index (Phi) is 5.74. The van der Waals surface area contributed by atoms with E-state index in [1.165, 1.54) is 0 Å². The highest BCUT2D eigenvalue weighted by molar-refractivity contribution is 5.93. The number of rotatable bonds is 7. The first-order chi connectivity index (χ1) is 11.1. The lowest BCUT2D eigenvalue weighted by Gasteiger charge is -2.18. The lowest BCUT2D eigenvalue weighted by atomic mass is 10.0. The molecule has 5 heteroatoms. The Morgan fingerprint density at radius 1 is 1.09 bits per heavy atom. The standard InChI is InChI=1S/C18H21N3O2/c1-2-16(13-7-4-3-5-8-13)21-17(22)12-20-15-10-6-9-14(11-15)18(19)23/h3-11,16,20H,2,12H2,1H3,(H2,19,23)(H,21,22). The van der Waals surface area contributed by atoms with E-state index in [0.717, 1.165) is 12.0 Å². The van der Waals surface area contributed by atoms with Crippen LogP contribution in [0.1, 0.15) is 35.3 Å². The molecule has 2 aromatic rings. The number of anilines is 1. The number of benzene rings is 2. The Hall–Kier alpha value is -2.82. The molecule has 0 aliphatic carbocycles. The summed E-state index contributed by atoms with van der Waals surface area (Å²) in [5, 5.41) is 6.00. The number of hydrogen-bond acceptors (Lipinski definition) is 3. The van der Waals surface area contributed by atoms with Crippen LogP contribution >= 0.6 is 0 Å². The maximum atomic E-state index is 12.1. The minimum Gasteiger partial charge on any atom is -0.376 e. The Labute approximate surface area is 135 Å². The number of primary amides is 1. The normalized spacial score (nSPS) is 11.5. The summed E-state index contributed by atoms with van der Waals surface area (Å²) in [5.41, 5.74) is 7.42. The van der Waals surface area contributed by atoms with Crippen molar-refractivity contribution in [2.24, 2.45) is 5.73 Å². The van der Waals surface area contributed by atoms with E-state index in [0.29, 0.717) is 11.3 Å². The molecule has 0 fully saturated rings. The molecule has 0 bridgehead atoms. The molecule has 2 aromatic carbocycles. The molecule has 0 heterocycles. The fraction of sp³-hybridized carbons (Fsp3) is 0.222. The average molecular weight is 311 g/mol. The second-order valence-electron chi connectivity index (χ2n) is 5.24. The molecule has 0 radical (unpaired) electrons. The number of nitrogens with one attached hydrogen (secondary N) is 2. The number of nitrogens with two attached hydrogens (primary N) is 1. The van der Waals surface area contributed by atoms with Gasteiger partial charge >= 0.3 is 0 Å². The molecule has 0 saturated heterocycles. The molecule has 0 spiro atoms. The summed E-state index contributed by atoms with van der Waals surface area (Å²) in [5.74, 6) is -0.599. The summed E-state index contributed by atoms with van der Waals surface area (Å²) < 4.78 is 0. The van der Waals surface area contributed by atoms with Crippen LogP contribution in [0.5, 0.6) is 0 Å².